The van der Waals surface area contributed by atoms with Crippen molar-refractivity contribution >= 4 is 17.3 Å². The zero-order valence-corrected chi connectivity index (χ0v) is 11.8. The summed E-state index contributed by atoms with van der Waals surface area (Å²) >= 11 is 6.18. The SMILES string of the molecule is Cc1cc(F)cc(-n2nnnc2-c2ccc(N)cc2Cl)c1. The van der Waals surface area contributed by atoms with Crippen LogP contribution in [0.2, 0.25) is 5.02 Å². The first-order chi connectivity index (χ1) is 10.0. The van der Waals surface area contributed by atoms with Gasteiger partial charge in [0.25, 0.3) is 0 Å². The van der Waals surface area contributed by atoms with Crippen LogP contribution in [0.15, 0.2) is 36.4 Å². The second kappa shape index (κ2) is 5.14. The van der Waals surface area contributed by atoms with Crippen molar-refractivity contribution in [3.8, 4) is 17.1 Å². The summed E-state index contributed by atoms with van der Waals surface area (Å²) in [5.74, 6) is 0.0693. The fourth-order valence-corrected chi connectivity index (χ4v) is 2.35. The number of aromatic nitrogens is 4. The number of halogens is 2. The van der Waals surface area contributed by atoms with Crippen LogP contribution < -0.4 is 5.73 Å². The molecule has 1 heterocycles. The van der Waals surface area contributed by atoms with E-state index in [9.17, 15) is 4.39 Å². The van der Waals surface area contributed by atoms with Gasteiger partial charge < -0.3 is 5.73 Å². The fraction of sp³-hybridized carbons (Fsp3) is 0.0714. The van der Waals surface area contributed by atoms with E-state index in [1.807, 2.05) is 0 Å². The first kappa shape index (κ1) is 13.5. The number of nitrogens with two attached hydrogens (primary N) is 1. The molecule has 0 saturated heterocycles. The molecule has 0 fully saturated rings. The average Bonchev–Trinajstić information content (AvgIpc) is 2.86. The number of anilines is 1. The van der Waals surface area contributed by atoms with Crippen LogP contribution in [0.3, 0.4) is 0 Å². The van der Waals surface area contributed by atoms with E-state index in [-0.39, 0.29) is 5.82 Å². The Bertz CT molecular complexity index is 795. The average molecular weight is 304 g/mol. The highest BCUT2D eigenvalue weighted by Gasteiger charge is 2.14. The summed E-state index contributed by atoms with van der Waals surface area (Å²) in [7, 11) is 0. The van der Waals surface area contributed by atoms with Crippen molar-refractivity contribution in [2.24, 2.45) is 0 Å². The van der Waals surface area contributed by atoms with Gasteiger partial charge in [0.1, 0.15) is 5.82 Å². The lowest BCUT2D eigenvalue weighted by Crippen LogP contribution is -2.01. The van der Waals surface area contributed by atoms with E-state index >= 15 is 0 Å². The first-order valence-electron chi connectivity index (χ1n) is 6.16. The summed E-state index contributed by atoms with van der Waals surface area (Å²) in [5.41, 5.74) is 8.15. The minimum absolute atomic E-state index is 0.352. The van der Waals surface area contributed by atoms with Crippen LogP contribution in [0.5, 0.6) is 0 Å². The van der Waals surface area contributed by atoms with Gasteiger partial charge in [-0.1, -0.05) is 11.6 Å². The van der Waals surface area contributed by atoms with E-state index in [1.165, 1.54) is 16.8 Å². The third-order valence-corrected chi connectivity index (χ3v) is 3.29. The highest BCUT2D eigenvalue weighted by molar-refractivity contribution is 6.33. The van der Waals surface area contributed by atoms with Crippen LogP contribution in [0.4, 0.5) is 10.1 Å². The predicted molar refractivity (Wildman–Crippen MR) is 78.7 cm³/mol. The number of hydrogen-bond acceptors (Lipinski definition) is 4. The van der Waals surface area contributed by atoms with Crippen LogP contribution >= 0.6 is 11.6 Å². The molecule has 0 aliphatic heterocycles. The third kappa shape index (κ3) is 2.57. The van der Waals surface area contributed by atoms with Gasteiger partial charge in [-0.3, -0.25) is 0 Å². The van der Waals surface area contributed by atoms with Crippen molar-refractivity contribution in [1.29, 1.82) is 0 Å². The molecule has 1 aromatic heterocycles. The van der Waals surface area contributed by atoms with Crippen molar-refractivity contribution in [2.75, 3.05) is 5.73 Å². The number of nitrogen functional groups attached to an aromatic ring is 1. The van der Waals surface area contributed by atoms with E-state index < -0.39 is 0 Å². The molecular formula is C14H11ClFN5. The Morgan fingerprint density at radius 3 is 2.71 bits per heavy atom. The molecule has 0 radical (unpaired) electrons. The molecule has 2 N–H and O–H groups in total. The zero-order valence-electron chi connectivity index (χ0n) is 11.1. The molecule has 0 aliphatic carbocycles. The molecule has 3 aromatic rings. The lowest BCUT2D eigenvalue weighted by Gasteiger charge is -2.07. The summed E-state index contributed by atoms with van der Waals surface area (Å²) in [6.07, 6.45) is 0. The van der Waals surface area contributed by atoms with Gasteiger partial charge in [-0.05, 0) is 59.3 Å². The van der Waals surface area contributed by atoms with Gasteiger partial charge in [0.2, 0.25) is 0 Å². The van der Waals surface area contributed by atoms with Crippen LogP contribution in [0, 0.1) is 12.7 Å². The van der Waals surface area contributed by atoms with Gasteiger partial charge >= 0.3 is 0 Å². The van der Waals surface area contributed by atoms with E-state index in [2.05, 4.69) is 15.5 Å². The smallest absolute Gasteiger partial charge is 0.188 e. The zero-order chi connectivity index (χ0) is 15.0. The Labute approximate surface area is 125 Å². The third-order valence-electron chi connectivity index (χ3n) is 2.98. The van der Waals surface area contributed by atoms with E-state index in [0.29, 0.717) is 27.8 Å². The molecule has 0 unspecified atom stereocenters. The molecule has 0 saturated carbocycles. The summed E-state index contributed by atoms with van der Waals surface area (Å²) < 4.78 is 15.0. The molecule has 0 bridgehead atoms. The van der Waals surface area contributed by atoms with Gasteiger partial charge in [-0.25, -0.2) is 4.39 Å². The lowest BCUT2D eigenvalue weighted by molar-refractivity contribution is 0.623. The Balaban J connectivity index is 2.17. The first-order valence-corrected chi connectivity index (χ1v) is 6.54. The summed E-state index contributed by atoms with van der Waals surface area (Å²) in [4.78, 5) is 0. The van der Waals surface area contributed by atoms with E-state index in [0.717, 1.165) is 5.56 Å². The van der Waals surface area contributed by atoms with Crippen LogP contribution in [0.1, 0.15) is 5.56 Å². The fourth-order valence-electron chi connectivity index (χ4n) is 2.08. The molecule has 21 heavy (non-hydrogen) atoms. The number of tetrazole rings is 1. The van der Waals surface area contributed by atoms with Crippen LogP contribution in [-0.4, -0.2) is 20.2 Å². The van der Waals surface area contributed by atoms with Crippen LogP contribution in [-0.2, 0) is 0 Å². The molecule has 2 aromatic carbocycles. The lowest BCUT2D eigenvalue weighted by atomic mass is 10.1. The second-order valence-corrected chi connectivity index (χ2v) is 5.05. The Morgan fingerprint density at radius 1 is 1.19 bits per heavy atom. The Morgan fingerprint density at radius 2 is 2.00 bits per heavy atom. The maximum Gasteiger partial charge on any atom is 0.188 e. The summed E-state index contributed by atoms with van der Waals surface area (Å²) in [6.45, 7) is 1.80. The van der Waals surface area contributed by atoms with Gasteiger partial charge in [-0.15, -0.1) is 5.10 Å². The Hall–Kier alpha value is -2.47. The van der Waals surface area contributed by atoms with Crippen molar-refractivity contribution in [1.82, 2.24) is 20.2 Å². The molecule has 0 amide bonds. The molecule has 0 atom stereocenters. The molecule has 7 heteroatoms. The highest BCUT2D eigenvalue weighted by atomic mass is 35.5. The van der Waals surface area contributed by atoms with Crippen molar-refractivity contribution in [3.63, 3.8) is 0 Å². The number of benzene rings is 2. The monoisotopic (exact) mass is 303 g/mol. The normalized spacial score (nSPS) is 10.8. The minimum atomic E-state index is -0.352. The summed E-state index contributed by atoms with van der Waals surface area (Å²) in [6, 6.07) is 9.63. The largest absolute Gasteiger partial charge is 0.399 e. The van der Waals surface area contributed by atoms with E-state index in [1.54, 1.807) is 31.2 Å². The van der Waals surface area contributed by atoms with Gasteiger partial charge in [-0.2, -0.15) is 4.68 Å². The van der Waals surface area contributed by atoms with Crippen molar-refractivity contribution in [3.05, 3.63) is 52.8 Å². The number of nitrogens with zero attached hydrogens (tertiary/aromatic N) is 4. The second-order valence-electron chi connectivity index (χ2n) is 4.64. The van der Waals surface area contributed by atoms with Crippen molar-refractivity contribution in [2.45, 2.75) is 6.92 Å². The van der Waals surface area contributed by atoms with Gasteiger partial charge in [0.15, 0.2) is 5.82 Å². The molecule has 3 rings (SSSR count). The van der Waals surface area contributed by atoms with Gasteiger partial charge in [0, 0.05) is 11.3 Å². The molecule has 5 nitrogen and oxygen atoms in total. The molecule has 0 spiro atoms. The standard InChI is InChI=1S/C14H11ClFN5/c1-8-4-9(16)6-11(5-8)21-14(18-19-20-21)12-3-2-10(17)7-13(12)15/h2-7H,17H2,1H3. The van der Waals surface area contributed by atoms with Crippen molar-refractivity contribution < 1.29 is 4.39 Å². The predicted octanol–water partition coefficient (Wildman–Crippen LogP) is 3.01. The number of hydrogen-bond donors (Lipinski definition) is 1. The molecule has 106 valence electrons. The van der Waals surface area contributed by atoms with Crippen LogP contribution in [0.25, 0.3) is 17.1 Å². The summed E-state index contributed by atoms with van der Waals surface area (Å²) in [5, 5.41) is 12.0. The molecule has 0 aliphatic rings. The Kier molecular flexibility index (Phi) is 3.31. The van der Waals surface area contributed by atoms with Gasteiger partial charge in [0.05, 0.1) is 10.7 Å². The quantitative estimate of drug-likeness (QED) is 0.739. The molecular weight excluding hydrogens is 293 g/mol. The topological polar surface area (TPSA) is 69.6 Å². The maximum absolute atomic E-state index is 13.6. The highest BCUT2D eigenvalue weighted by Crippen LogP contribution is 2.29. The number of aryl methyl sites for hydroxylation is 1. The number of rotatable bonds is 2. The van der Waals surface area contributed by atoms with E-state index in [4.69, 9.17) is 17.3 Å². The maximum atomic E-state index is 13.6. The minimum Gasteiger partial charge on any atom is -0.399 e.